The van der Waals surface area contributed by atoms with Gasteiger partial charge in [-0.3, -0.25) is 9.59 Å². The van der Waals surface area contributed by atoms with Crippen LogP contribution in [0.5, 0.6) is 5.75 Å². The summed E-state index contributed by atoms with van der Waals surface area (Å²) in [6.45, 7) is 1.73. The zero-order chi connectivity index (χ0) is 22.4. The molecule has 31 heavy (non-hydrogen) atoms. The lowest BCUT2D eigenvalue weighted by Crippen LogP contribution is -2.50. The molecule has 166 valence electrons. The van der Waals surface area contributed by atoms with E-state index >= 15 is 0 Å². The van der Waals surface area contributed by atoms with Gasteiger partial charge in [-0.15, -0.1) is 0 Å². The van der Waals surface area contributed by atoms with Crippen LogP contribution in [-0.4, -0.2) is 35.4 Å². The Kier molecular flexibility index (Phi) is 8.47. The minimum atomic E-state index is -0.659. The third kappa shape index (κ3) is 6.76. The summed E-state index contributed by atoms with van der Waals surface area (Å²) in [6, 6.07) is 11.5. The Morgan fingerprint density at radius 3 is 2.35 bits per heavy atom. The Morgan fingerprint density at radius 2 is 1.71 bits per heavy atom. The second-order valence-corrected chi connectivity index (χ2v) is 8.96. The molecule has 0 heterocycles. The van der Waals surface area contributed by atoms with Gasteiger partial charge in [0.25, 0.3) is 5.91 Å². The van der Waals surface area contributed by atoms with Crippen molar-refractivity contribution in [2.24, 2.45) is 0 Å². The number of carbonyl (C=O) groups is 2. The summed E-state index contributed by atoms with van der Waals surface area (Å²) >= 11 is 18.0. The Bertz CT molecular complexity index is 915. The molecule has 2 aromatic rings. The fourth-order valence-corrected chi connectivity index (χ4v) is 4.16. The molecule has 1 aliphatic rings. The molecule has 0 saturated heterocycles. The van der Waals surface area contributed by atoms with Crippen molar-refractivity contribution in [2.45, 2.75) is 51.2 Å². The van der Waals surface area contributed by atoms with E-state index in [2.05, 4.69) is 5.32 Å². The SMILES string of the molecule is C[C@H](C(=O)NC1CCCC1)N(Cc1ccc(Cl)cc1)C(=O)COc1ccc(Cl)cc1Cl. The monoisotopic (exact) mass is 482 g/mol. The van der Waals surface area contributed by atoms with E-state index in [1.54, 1.807) is 37.3 Å². The molecule has 1 saturated carbocycles. The van der Waals surface area contributed by atoms with Gasteiger partial charge in [0, 0.05) is 22.6 Å². The fraction of sp³-hybridized carbons (Fsp3) is 0.391. The maximum atomic E-state index is 13.1. The maximum Gasteiger partial charge on any atom is 0.261 e. The number of benzene rings is 2. The van der Waals surface area contributed by atoms with Crippen LogP contribution in [0.3, 0.4) is 0 Å². The van der Waals surface area contributed by atoms with Crippen molar-refractivity contribution in [3.63, 3.8) is 0 Å². The zero-order valence-electron chi connectivity index (χ0n) is 17.2. The molecular formula is C23H25Cl3N2O3. The highest BCUT2D eigenvalue weighted by atomic mass is 35.5. The molecule has 0 aliphatic heterocycles. The molecule has 8 heteroatoms. The Hall–Kier alpha value is -1.95. The van der Waals surface area contributed by atoms with Crippen molar-refractivity contribution in [1.29, 1.82) is 0 Å². The molecule has 2 aromatic carbocycles. The summed E-state index contributed by atoms with van der Waals surface area (Å²) in [7, 11) is 0. The summed E-state index contributed by atoms with van der Waals surface area (Å²) in [5.74, 6) is -0.136. The van der Waals surface area contributed by atoms with Gasteiger partial charge in [-0.2, -0.15) is 0 Å². The highest BCUT2D eigenvalue weighted by Gasteiger charge is 2.28. The van der Waals surface area contributed by atoms with E-state index in [0.29, 0.717) is 20.8 Å². The molecular weight excluding hydrogens is 459 g/mol. The Morgan fingerprint density at radius 1 is 1.06 bits per heavy atom. The summed E-state index contributed by atoms with van der Waals surface area (Å²) in [5, 5.41) is 4.47. The van der Waals surface area contributed by atoms with Crippen LogP contribution in [0.4, 0.5) is 0 Å². The number of nitrogens with zero attached hydrogens (tertiary/aromatic N) is 1. The van der Waals surface area contributed by atoms with Crippen molar-refractivity contribution < 1.29 is 14.3 Å². The van der Waals surface area contributed by atoms with Gasteiger partial charge < -0.3 is 15.0 Å². The molecule has 2 amide bonds. The topological polar surface area (TPSA) is 58.6 Å². The number of hydrogen-bond acceptors (Lipinski definition) is 3. The van der Waals surface area contributed by atoms with Crippen molar-refractivity contribution >= 4 is 46.6 Å². The second kappa shape index (κ2) is 11.1. The average Bonchev–Trinajstić information content (AvgIpc) is 3.25. The van der Waals surface area contributed by atoms with E-state index < -0.39 is 6.04 Å². The first-order valence-corrected chi connectivity index (χ1v) is 11.4. The van der Waals surface area contributed by atoms with Gasteiger partial charge >= 0.3 is 0 Å². The number of halogens is 3. The van der Waals surface area contributed by atoms with Crippen molar-refractivity contribution in [3.05, 3.63) is 63.1 Å². The van der Waals surface area contributed by atoms with E-state index in [4.69, 9.17) is 39.5 Å². The van der Waals surface area contributed by atoms with Crippen LogP contribution >= 0.6 is 34.8 Å². The number of ether oxygens (including phenoxy) is 1. The molecule has 0 aromatic heterocycles. The van der Waals surface area contributed by atoms with E-state index in [1.165, 1.54) is 4.90 Å². The summed E-state index contributed by atoms with van der Waals surface area (Å²) in [6.07, 6.45) is 4.18. The third-order valence-corrected chi connectivity index (χ3v) is 6.16. The maximum absolute atomic E-state index is 13.1. The molecule has 3 rings (SSSR count). The Labute approximate surface area is 197 Å². The standard InChI is InChI=1S/C23H25Cl3N2O3/c1-15(23(30)27-19-4-2-3-5-19)28(13-16-6-8-17(24)9-7-16)22(29)14-31-21-11-10-18(25)12-20(21)26/h6-12,15,19H,2-5,13-14H2,1H3,(H,27,30)/t15-/m1/s1. The van der Waals surface area contributed by atoms with E-state index in [-0.39, 0.29) is 31.0 Å². The predicted octanol–water partition coefficient (Wildman–Crippen LogP) is 5.50. The predicted molar refractivity (Wildman–Crippen MR) is 124 cm³/mol. The lowest BCUT2D eigenvalue weighted by atomic mass is 10.1. The number of hydrogen-bond donors (Lipinski definition) is 1. The van der Waals surface area contributed by atoms with Gasteiger partial charge in [-0.05, 0) is 55.7 Å². The van der Waals surface area contributed by atoms with Gasteiger partial charge in [-0.25, -0.2) is 0 Å². The van der Waals surface area contributed by atoms with Crippen molar-refractivity contribution in [1.82, 2.24) is 10.2 Å². The van der Waals surface area contributed by atoms with E-state index in [9.17, 15) is 9.59 Å². The van der Waals surface area contributed by atoms with Crippen LogP contribution in [0.25, 0.3) is 0 Å². The minimum Gasteiger partial charge on any atom is -0.482 e. The molecule has 0 bridgehead atoms. The number of amides is 2. The van der Waals surface area contributed by atoms with Crippen LogP contribution in [0.1, 0.15) is 38.2 Å². The van der Waals surface area contributed by atoms with Gasteiger partial charge in [-0.1, -0.05) is 59.8 Å². The zero-order valence-corrected chi connectivity index (χ0v) is 19.5. The quantitative estimate of drug-likeness (QED) is 0.539. The first-order chi connectivity index (χ1) is 14.8. The van der Waals surface area contributed by atoms with E-state index in [0.717, 1.165) is 31.2 Å². The van der Waals surface area contributed by atoms with Gasteiger partial charge in [0.05, 0.1) is 5.02 Å². The average molecular weight is 484 g/mol. The van der Waals surface area contributed by atoms with Gasteiger partial charge in [0.15, 0.2) is 6.61 Å². The lowest BCUT2D eigenvalue weighted by molar-refractivity contribution is -0.142. The Balaban J connectivity index is 1.72. The van der Waals surface area contributed by atoms with E-state index in [1.807, 2.05) is 12.1 Å². The first kappa shape index (κ1) is 23.7. The van der Waals surface area contributed by atoms with Crippen molar-refractivity contribution in [3.8, 4) is 5.75 Å². The van der Waals surface area contributed by atoms with Crippen molar-refractivity contribution in [2.75, 3.05) is 6.61 Å². The lowest BCUT2D eigenvalue weighted by Gasteiger charge is -2.29. The number of nitrogens with one attached hydrogen (secondary N) is 1. The van der Waals surface area contributed by atoms with Crippen LogP contribution < -0.4 is 10.1 Å². The summed E-state index contributed by atoms with van der Waals surface area (Å²) in [5.41, 5.74) is 0.864. The molecule has 1 N–H and O–H groups in total. The smallest absolute Gasteiger partial charge is 0.261 e. The largest absolute Gasteiger partial charge is 0.482 e. The highest BCUT2D eigenvalue weighted by Crippen LogP contribution is 2.27. The first-order valence-electron chi connectivity index (χ1n) is 10.3. The van der Waals surface area contributed by atoms with Crippen LogP contribution in [-0.2, 0) is 16.1 Å². The molecule has 1 atom stereocenters. The number of carbonyl (C=O) groups excluding carboxylic acids is 2. The highest BCUT2D eigenvalue weighted by molar-refractivity contribution is 6.35. The molecule has 5 nitrogen and oxygen atoms in total. The second-order valence-electron chi connectivity index (χ2n) is 7.68. The van der Waals surface area contributed by atoms with Crippen LogP contribution in [0.15, 0.2) is 42.5 Å². The normalized spacial score (nSPS) is 14.8. The third-order valence-electron chi connectivity index (χ3n) is 5.38. The van der Waals surface area contributed by atoms with Gasteiger partial charge in [0.1, 0.15) is 11.8 Å². The summed E-state index contributed by atoms with van der Waals surface area (Å²) in [4.78, 5) is 27.4. The molecule has 0 radical (unpaired) electrons. The van der Waals surface area contributed by atoms with Crippen LogP contribution in [0.2, 0.25) is 15.1 Å². The van der Waals surface area contributed by atoms with Crippen LogP contribution in [0, 0.1) is 0 Å². The fourth-order valence-electron chi connectivity index (χ4n) is 3.58. The molecule has 0 unspecified atom stereocenters. The number of rotatable bonds is 8. The molecule has 1 aliphatic carbocycles. The molecule has 1 fully saturated rings. The summed E-state index contributed by atoms with van der Waals surface area (Å²) < 4.78 is 5.62. The molecule has 0 spiro atoms. The van der Waals surface area contributed by atoms with Gasteiger partial charge in [0.2, 0.25) is 5.91 Å². The minimum absolute atomic E-state index is 0.168.